The van der Waals surface area contributed by atoms with Gasteiger partial charge in [0.15, 0.2) is 5.78 Å². The molecule has 2 aromatic rings. The second kappa shape index (κ2) is 9.97. The van der Waals surface area contributed by atoms with Crippen molar-refractivity contribution in [2.24, 2.45) is 0 Å². The van der Waals surface area contributed by atoms with E-state index in [9.17, 15) is 13.6 Å². The highest BCUT2D eigenvalue weighted by Crippen LogP contribution is 2.28. The summed E-state index contributed by atoms with van der Waals surface area (Å²) in [6.07, 6.45) is 0. The number of hydrogen-bond donors (Lipinski definition) is 1. The Morgan fingerprint density at radius 3 is 1.79 bits per heavy atom. The second-order valence-electron chi connectivity index (χ2n) is 9.66. The summed E-state index contributed by atoms with van der Waals surface area (Å²) >= 11 is 0. The van der Waals surface area contributed by atoms with E-state index in [0.29, 0.717) is 24.2 Å². The molecular formula is C26H33F2N3O2. The zero-order chi connectivity index (χ0) is 23.6. The van der Waals surface area contributed by atoms with E-state index in [0.717, 1.165) is 37.3 Å². The van der Waals surface area contributed by atoms with Gasteiger partial charge in [-0.2, -0.15) is 0 Å². The quantitative estimate of drug-likeness (QED) is 0.616. The van der Waals surface area contributed by atoms with Crippen LogP contribution in [0, 0.1) is 0 Å². The summed E-state index contributed by atoms with van der Waals surface area (Å²) < 4.78 is 26.1. The van der Waals surface area contributed by atoms with Gasteiger partial charge in [-0.15, -0.1) is 0 Å². The number of hydrogen-bond acceptors (Lipinski definition) is 5. The Hall–Kier alpha value is -2.19. The Bertz CT molecular complexity index is 929. The van der Waals surface area contributed by atoms with Crippen LogP contribution in [0.3, 0.4) is 0 Å². The minimum atomic E-state index is -2.52. The molecule has 0 aromatic heterocycles. The maximum atomic E-state index is 13.0. The minimum Gasteiger partial charge on any atom is -0.388 e. The maximum Gasteiger partial charge on any atom is 0.272 e. The average molecular weight is 458 g/mol. The molecule has 0 aliphatic carbocycles. The topological polar surface area (TPSA) is 47.0 Å². The highest BCUT2D eigenvalue weighted by molar-refractivity contribution is 5.96. The van der Waals surface area contributed by atoms with Gasteiger partial charge in [-0.05, 0) is 30.5 Å². The molecule has 5 nitrogen and oxygen atoms in total. The predicted octanol–water partition coefficient (Wildman–Crippen LogP) is 3.41. The average Bonchev–Trinajstić information content (AvgIpc) is 2.76. The molecule has 0 saturated carbocycles. The number of aliphatic hydroxyl groups excluding tert-OH is 1. The van der Waals surface area contributed by atoms with E-state index < -0.39 is 12.5 Å². The number of rotatable bonds is 8. The van der Waals surface area contributed by atoms with Gasteiger partial charge < -0.3 is 5.11 Å². The Kier molecular flexibility index (Phi) is 7.24. The number of benzene rings is 2. The summed E-state index contributed by atoms with van der Waals surface area (Å²) in [5.74, 6) is -2.77. The van der Waals surface area contributed by atoms with E-state index in [-0.39, 0.29) is 18.9 Å². The normalized spacial score (nSPS) is 23.9. The van der Waals surface area contributed by atoms with Crippen molar-refractivity contribution in [1.82, 2.24) is 14.7 Å². The molecule has 4 rings (SSSR count). The monoisotopic (exact) mass is 457 g/mol. The van der Waals surface area contributed by atoms with Gasteiger partial charge in [0.25, 0.3) is 5.92 Å². The van der Waals surface area contributed by atoms with E-state index in [1.807, 2.05) is 12.1 Å². The molecule has 1 N–H and O–H groups in total. The van der Waals surface area contributed by atoms with Crippen LogP contribution in [0.5, 0.6) is 0 Å². The van der Waals surface area contributed by atoms with Gasteiger partial charge in [-0.25, -0.2) is 8.78 Å². The first-order valence-electron chi connectivity index (χ1n) is 11.6. The molecular weight excluding hydrogens is 424 g/mol. The Morgan fingerprint density at radius 2 is 1.30 bits per heavy atom. The minimum absolute atomic E-state index is 0.140. The lowest BCUT2D eigenvalue weighted by molar-refractivity contribution is -0.133. The predicted molar refractivity (Wildman–Crippen MR) is 124 cm³/mol. The highest BCUT2D eigenvalue weighted by Gasteiger charge is 2.43. The first-order valence-corrected chi connectivity index (χ1v) is 11.6. The molecule has 2 fully saturated rings. The molecule has 2 saturated heterocycles. The summed E-state index contributed by atoms with van der Waals surface area (Å²) in [5.41, 5.74) is 4.02. The summed E-state index contributed by atoms with van der Waals surface area (Å²) in [6, 6.07) is 16.6. The number of carbonyl (C=O) groups is 1. The first kappa shape index (κ1) is 24.0. The lowest BCUT2D eigenvalue weighted by atomic mass is 10.0. The number of Topliss-reactive ketones (excluding diaryl/α,β-unsaturated/α-hetero) is 1. The Labute approximate surface area is 194 Å². The van der Waals surface area contributed by atoms with Crippen molar-refractivity contribution in [3.8, 4) is 0 Å². The maximum absolute atomic E-state index is 13.0. The van der Waals surface area contributed by atoms with E-state index >= 15 is 0 Å². The van der Waals surface area contributed by atoms with Gasteiger partial charge in [0.05, 0.1) is 13.1 Å². The third-order valence-corrected chi connectivity index (χ3v) is 6.71. The summed E-state index contributed by atoms with van der Waals surface area (Å²) in [6.45, 7) is 7.97. The van der Waals surface area contributed by atoms with Crippen molar-refractivity contribution < 1.29 is 18.7 Å². The van der Waals surface area contributed by atoms with Crippen LogP contribution in [0.4, 0.5) is 8.78 Å². The fourth-order valence-corrected chi connectivity index (χ4v) is 4.99. The van der Waals surface area contributed by atoms with Crippen LogP contribution in [0.2, 0.25) is 0 Å². The van der Waals surface area contributed by atoms with Gasteiger partial charge in [-0.1, -0.05) is 48.5 Å². The van der Waals surface area contributed by atoms with Crippen molar-refractivity contribution in [2.75, 3.05) is 32.8 Å². The number of aliphatic hydroxyl groups is 1. The third kappa shape index (κ3) is 6.03. The number of likely N-dealkylation sites (tertiary alicyclic amines) is 1. The van der Waals surface area contributed by atoms with Crippen LogP contribution in [-0.2, 0) is 19.6 Å². The fourth-order valence-electron chi connectivity index (χ4n) is 4.99. The van der Waals surface area contributed by atoms with Crippen molar-refractivity contribution in [3.63, 3.8) is 0 Å². The zero-order valence-corrected chi connectivity index (χ0v) is 19.4. The molecule has 7 heteroatoms. The van der Waals surface area contributed by atoms with Gasteiger partial charge >= 0.3 is 0 Å². The van der Waals surface area contributed by atoms with Crippen molar-refractivity contribution in [3.05, 3.63) is 70.8 Å². The van der Waals surface area contributed by atoms with Crippen LogP contribution >= 0.6 is 0 Å². The molecule has 0 spiro atoms. The highest BCUT2D eigenvalue weighted by atomic mass is 19.3. The number of ketones is 1. The molecule has 33 heavy (non-hydrogen) atoms. The van der Waals surface area contributed by atoms with Crippen LogP contribution in [0.15, 0.2) is 48.5 Å². The molecule has 2 atom stereocenters. The van der Waals surface area contributed by atoms with Gasteiger partial charge in [0.1, 0.15) is 6.61 Å². The zero-order valence-electron chi connectivity index (χ0n) is 19.4. The number of nitrogens with zero attached hydrogens (tertiary/aromatic N) is 3. The van der Waals surface area contributed by atoms with Gasteiger partial charge in [0, 0.05) is 50.4 Å². The molecule has 178 valence electrons. The van der Waals surface area contributed by atoms with Crippen molar-refractivity contribution in [1.29, 1.82) is 0 Å². The lowest BCUT2D eigenvalue weighted by Gasteiger charge is -2.44. The molecule has 0 radical (unpaired) electrons. The number of piperazine rings is 1. The molecule has 0 unspecified atom stereocenters. The Morgan fingerprint density at radius 1 is 0.848 bits per heavy atom. The summed E-state index contributed by atoms with van der Waals surface area (Å²) in [5, 5.41) is 9.00. The van der Waals surface area contributed by atoms with Crippen LogP contribution < -0.4 is 0 Å². The molecule has 2 aliphatic rings. The first-order chi connectivity index (χ1) is 15.7. The smallest absolute Gasteiger partial charge is 0.272 e. The lowest BCUT2D eigenvalue weighted by Crippen LogP contribution is -2.55. The van der Waals surface area contributed by atoms with Crippen LogP contribution in [0.1, 0.15) is 40.9 Å². The molecule has 2 heterocycles. The van der Waals surface area contributed by atoms with Crippen LogP contribution in [-0.4, -0.2) is 76.4 Å². The Balaban J connectivity index is 1.28. The van der Waals surface area contributed by atoms with E-state index in [1.165, 1.54) is 5.56 Å². The van der Waals surface area contributed by atoms with E-state index in [2.05, 4.69) is 47.9 Å². The standard InChI is InChI=1S/C26H33F2N3O2/c1-19-11-29(13-22-7-9-24(10-8-22)25(33)16-32)12-20(2)31(19)15-23-5-3-21(4-6-23)14-30-17-26(27,28)18-30/h3-10,19-20,32H,11-18H2,1-2H3/t19-,20+. The summed E-state index contributed by atoms with van der Waals surface area (Å²) in [7, 11) is 0. The van der Waals surface area contributed by atoms with E-state index in [4.69, 9.17) is 5.11 Å². The molecule has 0 bridgehead atoms. The fraction of sp³-hybridized carbons (Fsp3) is 0.500. The van der Waals surface area contributed by atoms with Gasteiger partial charge in [0.2, 0.25) is 0 Å². The van der Waals surface area contributed by atoms with Crippen molar-refractivity contribution in [2.45, 2.75) is 51.5 Å². The summed E-state index contributed by atoms with van der Waals surface area (Å²) in [4.78, 5) is 18.3. The SMILES string of the molecule is C[C@@H]1CN(Cc2ccc(C(=O)CO)cc2)C[C@H](C)N1Cc1ccc(CN2CC(F)(F)C2)cc1. The molecule has 0 amide bonds. The number of halogens is 2. The molecule has 2 aromatic carbocycles. The number of alkyl halides is 2. The largest absolute Gasteiger partial charge is 0.388 e. The van der Waals surface area contributed by atoms with Crippen LogP contribution in [0.25, 0.3) is 0 Å². The number of carbonyl (C=O) groups excluding carboxylic acids is 1. The van der Waals surface area contributed by atoms with E-state index in [1.54, 1.807) is 17.0 Å². The van der Waals surface area contributed by atoms with Gasteiger partial charge in [-0.3, -0.25) is 19.5 Å². The third-order valence-electron chi connectivity index (χ3n) is 6.71. The second-order valence-corrected chi connectivity index (χ2v) is 9.66. The molecule has 2 aliphatic heterocycles. The van der Waals surface area contributed by atoms with Crippen molar-refractivity contribution >= 4 is 5.78 Å².